The molecule has 0 spiro atoms. The number of hydrogen-bond donors (Lipinski definition) is 3. The Hall–Kier alpha value is -3.36. The number of aromatic carboxylic acids is 3. The summed E-state index contributed by atoms with van der Waals surface area (Å²) in [5.74, 6) is -4.12. The molecule has 9 nitrogen and oxygen atoms in total. The van der Waals surface area contributed by atoms with E-state index in [1.54, 1.807) is 18.5 Å². The minimum atomic E-state index is -1.37. The van der Waals surface area contributed by atoms with Gasteiger partial charge >= 0.3 is 17.9 Å². The average molecular weight is 291 g/mol. The van der Waals surface area contributed by atoms with Crippen LogP contribution in [0.5, 0.6) is 0 Å². The molecule has 0 unspecified atom stereocenters. The van der Waals surface area contributed by atoms with Gasteiger partial charge < -0.3 is 15.3 Å². The molecule has 0 amide bonds. The lowest BCUT2D eigenvalue weighted by Crippen LogP contribution is -2.07. The number of hydrogen-bond acceptors (Lipinski definition) is 6. The Kier molecular flexibility index (Phi) is 5.44. The highest BCUT2D eigenvalue weighted by Gasteiger charge is 2.14. The van der Waals surface area contributed by atoms with Crippen molar-refractivity contribution < 1.29 is 29.7 Å². The molecule has 0 fully saturated rings. The van der Waals surface area contributed by atoms with Gasteiger partial charge in [-0.25, -0.2) is 14.4 Å². The van der Waals surface area contributed by atoms with Gasteiger partial charge in [0.15, 0.2) is 0 Å². The maximum absolute atomic E-state index is 10.6. The first-order chi connectivity index (χ1) is 9.91. The number of nitrogens with zero attached hydrogens (tertiary/aromatic N) is 3. The molecule has 3 N–H and O–H groups in total. The van der Waals surface area contributed by atoms with E-state index in [0.29, 0.717) is 0 Å². The molecule has 0 atom stereocenters. The maximum atomic E-state index is 10.6. The van der Waals surface area contributed by atoms with Crippen molar-refractivity contribution in [1.82, 2.24) is 15.4 Å². The SMILES string of the molecule is O=C(O)c1cc(C(=O)O)cc(C(=O)O)c1.c1cnnnc1. The number of carboxylic acids is 3. The van der Waals surface area contributed by atoms with Crippen molar-refractivity contribution in [3.8, 4) is 0 Å². The van der Waals surface area contributed by atoms with Crippen molar-refractivity contribution in [3.63, 3.8) is 0 Å². The summed E-state index contributed by atoms with van der Waals surface area (Å²) in [4.78, 5) is 31.7. The van der Waals surface area contributed by atoms with Crippen LogP contribution in [0.1, 0.15) is 31.1 Å². The molecule has 0 saturated heterocycles. The van der Waals surface area contributed by atoms with E-state index in [1.807, 2.05) is 0 Å². The van der Waals surface area contributed by atoms with E-state index in [0.717, 1.165) is 18.2 Å². The molecule has 1 aromatic heterocycles. The average Bonchev–Trinajstić information content (AvgIpc) is 2.49. The molecule has 2 rings (SSSR count). The van der Waals surface area contributed by atoms with Gasteiger partial charge in [-0.05, 0) is 29.5 Å². The smallest absolute Gasteiger partial charge is 0.335 e. The van der Waals surface area contributed by atoms with E-state index < -0.39 is 17.9 Å². The number of rotatable bonds is 3. The highest BCUT2D eigenvalue weighted by Crippen LogP contribution is 2.11. The molecule has 0 aliphatic heterocycles. The van der Waals surface area contributed by atoms with E-state index in [1.165, 1.54) is 0 Å². The predicted octanol–water partition coefficient (Wildman–Crippen LogP) is 0.653. The molecule has 108 valence electrons. The predicted molar refractivity (Wildman–Crippen MR) is 67.1 cm³/mol. The summed E-state index contributed by atoms with van der Waals surface area (Å²) in [5, 5.41) is 36.0. The molecule has 1 aromatic carbocycles. The molecule has 0 bridgehead atoms. The summed E-state index contributed by atoms with van der Waals surface area (Å²) in [6, 6.07) is 4.41. The molecular weight excluding hydrogens is 282 g/mol. The largest absolute Gasteiger partial charge is 0.478 e. The van der Waals surface area contributed by atoms with E-state index in [2.05, 4.69) is 15.4 Å². The van der Waals surface area contributed by atoms with Crippen LogP contribution in [0.3, 0.4) is 0 Å². The van der Waals surface area contributed by atoms with Gasteiger partial charge in [0.2, 0.25) is 0 Å². The fourth-order valence-electron chi connectivity index (χ4n) is 1.20. The summed E-state index contributed by atoms with van der Waals surface area (Å²) in [7, 11) is 0. The third-order valence-electron chi connectivity index (χ3n) is 2.08. The Morgan fingerprint density at radius 3 is 1.19 bits per heavy atom. The first kappa shape index (κ1) is 15.7. The molecule has 1 heterocycles. The quantitative estimate of drug-likeness (QED) is 0.740. The maximum Gasteiger partial charge on any atom is 0.335 e. The van der Waals surface area contributed by atoms with Gasteiger partial charge in [-0.15, -0.1) is 10.2 Å². The highest BCUT2D eigenvalue weighted by atomic mass is 16.4. The first-order valence-electron chi connectivity index (χ1n) is 5.35. The molecule has 9 heteroatoms. The van der Waals surface area contributed by atoms with Gasteiger partial charge in [0.1, 0.15) is 0 Å². The lowest BCUT2D eigenvalue weighted by Gasteiger charge is -2.00. The summed E-state index contributed by atoms with van der Waals surface area (Å²) in [5.41, 5.74) is -1.10. The topological polar surface area (TPSA) is 151 Å². The minimum Gasteiger partial charge on any atom is -0.478 e. The second-order valence-electron chi connectivity index (χ2n) is 3.53. The summed E-state index contributed by atoms with van der Waals surface area (Å²) in [6.45, 7) is 0. The summed E-state index contributed by atoms with van der Waals surface area (Å²) in [6.07, 6.45) is 3.15. The van der Waals surface area contributed by atoms with Crippen LogP contribution in [0.4, 0.5) is 0 Å². The molecule has 0 saturated carbocycles. The Bertz CT molecular complexity index is 554. The fourth-order valence-corrected chi connectivity index (χ4v) is 1.20. The van der Waals surface area contributed by atoms with Crippen molar-refractivity contribution >= 4 is 17.9 Å². The van der Waals surface area contributed by atoms with Gasteiger partial charge in [0, 0.05) is 0 Å². The highest BCUT2D eigenvalue weighted by molar-refractivity contribution is 5.98. The zero-order chi connectivity index (χ0) is 15.8. The monoisotopic (exact) mass is 291 g/mol. The second kappa shape index (κ2) is 7.28. The van der Waals surface area contributed by atoms with Gasteiger partial charge in [-0.1, -0.05) is 0 Å². The number of aromatic nitrogens is 3. The van der Waals surface area contributed by atoms with Crippen LogP contribution in [0.15, 0.2) is 36.7 Å². The van der Waals surface area contributed by atoms with Gasteiger partial charge in [-0.3, -0.25) is 0 Å². The fraction of sp³-hybridized carbons (Fsp3) is 0. The molecule has 0 aliphatic rings. The van der Waals surface area contributed by atoms with Crippen LogP contribution in [0.25, 0.3) is 0 Å². The molecule has 0 aliphatic carbocycles. The van der Waals surface area contributed by atoms with E-state index in [9.17, 15) is 14.4 Å². The second-order valence-corrected chi connectivity index (χ2v) is 3.53. The normalized spacial score (nSPS) is 9.14. The van der Waals surface area contributed by atoms with Crippen molar-refractivity contribution in [2.24, 2.45) is 0 Å². The van der Waals surface area contributed by atoms with Crippen LogP contribution in [0, 0.1) is 0 Å². The van der Waals surface area contributed by atoms with Crippen LogP contribution >= 0.6 is 0 Å². The van der Waals surface area contributed by atoms with E-state index in [4.69, 9.17) is 15.3 Å². The van der Waals surface area contributed by atoms with Crippen molar-refractivity contribution in [2.75, 3.05) is 0 Å². The third kappa shape index (κ3) is 5.03. The van der Waals surface area contributed by atoms with Crippen LogP contribution in [0.2, 0.25) is 0 Å². The number of carbonyl (C=O) groups is 3. The molecular formula is C12H9N3O6. The number of benzene rings is 1. The lowest BCUT2D eigenvalue weighted by atomic mass is 10.1. The Balaban J connectivity index is 0.000000304. The van der Waals surface area contributed by atoms with Gasteiger partial charge in [0.25, 0.3) is 0 Å². The van der Waals surface area contributed by atoms with Gasteiger partial charge in [0.05, 0.1) is 29.1 Å². The van der Waals surface area contributed by atoms with E-state index >= 15 is 0 Å². The van der Waals surface area contributed by atoms with Crippen LogP contribution < -0.4 is 0 Å². The zero-order valence-electron chi connectivity index (χ0n) is 10.4. The Morgan fingerprint density at radius 2 is 1.05 bits per heavy atom. The third-order valence-corrected chi connectivity index (χ3v) is 2.08. The molecule has 0 radical (unpaired) electrons. The van der Waals surface area contributed by atoms with Crippen molar-refractivity contribution in [2.45, 2.75) is 0 Å². The van der Waals surface area contributed by atoms with Crippen LogP contribution in [-0.2, 0) is 0 Å². The number of carboxylic acid groups (broad SMARTS) is 3. The molecule has 21 heavy (non-hydrogen) atoms. The van der Waals surface area contributed by atoms with Crippen LogP contribution in [-0.4, -0.2) is 48.6 Å². The standard InChI is InChI=1S/C9H6O6.C3H3N3/c10-7(11)4-1-5(8(12)13)3-6(2-4)9(14)15;1-2-4-6-5-3-1/h1-3H,(H,10,11)(H,12,13)(H,14,15);1-3H. The zero-order valence-corrected chi connectivity index (χ0v) is 10.4. The Morgan fingerprint density at radius 1 is 0.714 bits per heavy atom. The minimum absolute atomic E-state index is 0.368. The van der Waals surface area contributed by atoms with Crippen molar-refractivity contribution in [3.05, 3.63) is 53.3 Å². The van der Waals surface area contributed by atoms with Crippen molar-refractivity contribution in [1.29, 1.82) is 0 Å². The first-order valence-corrected chi connectivity index (χ1v) is 5.35. The summed E-state index contributed by atoms with van der Waals surface area (Å²) >= 11 is 0. The van der Waals surface area contributed by atoms with Gasteiger partial charge in [-0.2, -0.15) is 0 Å². The van der Waals surface area contributed by atoms with E-state index in [-0.39, 0.29) is 16.7 Å². The lowest BCUT2D eigenvalue weighted by molar-refractivity contribution is 0.0696. The Labute approximate surface area is 117 Å². The summed E-state index contributed by atoms with van der Waals surface area (Å²) < 4.78 is 0. The molecule has 2 aromatic rings.